The maximum absolute atomic E-state index is 12.9. The summed E-state index contributed by atoms with van der Waals surface area (Å²) in [6, 6.07) is 18.2. The molecular formula is C24H25N3O. The van der Waals surface area contributed by atoms with Crippen molar-refractivity contribution in [1.29, 1.82) is 0 Å². The molecule has 1 saturated heterocycles. The van der Waals surface area contributed by atoms with Crippen molar-refractivity contribution >= 4 is 11.6 Å². The average Bonchev–Trinajstić information content (AvgIpc) is 2.74. The second-order valence-electron chi connectivity index (χ2n) is 7.54. The number of piperidine rings is 1. The van der Waals surface area contributed by atoms with E-state index < -0.39 is 0 Å². The fraction of sp³-hybridized carbons (Fsp3) is 0.292. The van der Waals surface area contributed by atoms with Crippen molar-refractivity contribution in [3.63, 3.8) is 0 Å². The number of rotatable bonds is 4. The van der Waals surface area contributed by atoms with Crippen LogP contribution < -0.4 is 4.90 Å². The minimum Gasteiger partial charge on any atom is -0.356 e. The van der Waals surface area contributed by atoms with Crippen molar-refractivity contribution in [2.45, 2.75) is 32.6 Å². The van der Waals surface area contributed by atoms with Gasteiger partial charge in [-0.1, -0.05) is 35.9 Å². The van der Waals surface area contributed by atoms with Crippen molar-refractivity contribution in [2.75, 3.05) is 18.0 Å². The average molecular weight is 371 g/mol. The highest BCUT2D eigenvalue weighted by Crippen LogP contribution is 2.29. The Labute approximate surface area is 166 Å². The summed E-state index contributed by atoms with van der Waals surface area (Å²) in [7, 11) is 0. The number of anilines is 1. The summed E-state index contributed by atoms with van der Waals surface area (Å²) in [5.41, 5.74) is 4.50. The molecule has 3 heterocycles. The second-order valence-corrected chi connectivity index (χ2v) is 7.54. The number of benzene rings is 1. The quantitative estimate of drug-likeness (QED) is 0.623. The molecule has 142 valence electrons. The zero-order chi connectivity index (χ0) is 19.5. The summed E-state index contributed by atoms with van der Waals surface area (Å²) in [6.07, 6.45) is 4.02. The summed E-state index contributed by atoms with van der Waals surface area (Å²) in [4.78, 5) is 24.1. The van der Waals surface area contributed by atoms with Crippen LogP contribution >= 0.6 is 0 Å². The highest BCUT2D eigenvalue weighted by atomic mass is 16.1. The predicted molar refractivity (Wildman–Crippen MR) is 112 cm³/mol. The van der Waals surface area contributed by atoms with Crippen LogP contribution in [0.3, 0.4) is 0 Å². The van der Waals surface area contributed by atoms with Crippen LogP contribution in [0.15, 0.2) is 60.8 Å². The Balaban J connectivity index is 1.56. The van der Waals surface area contributed by atoms with E-state index in [-0.39, 0.29) is 5.78 Å². The number of ketones is 1. The molecular weight excluding hydrogens is 346 g/mol. The lowest BCUT2D eigenvalue weighted by molar-refractivity contribution is 0.103. The first-order valence-electron chi connectivity index (χ1n) is 9.87. The lowest BCUT2D eigenvalue weighted by Crippen LogP contribution is -2.35. The first-order chi connectivity index (χ1) is 13.6. The van der Waals surface area contributed by atoms with Crippen LogP contribution in [0.5, 0.6) is 0 Å². The number of aryl methyl sites for hydroxylation is 2. The van der Waals surface area contributed by atoms with Gasteiger partial charge in [-0.25, -0.2) is 4.98 Å². The molecule has 0 bridgehead atoms. The van der Waals surface area contributed by atoms with E-state index >= 15 is 0 Å². The van der Waals surface area contributed by atoms with Gasteiger partial charge in [-0.15, -0.1) is 0 Å². The van der Waals surface area contributed by atoms with E-state index in [2.05, 4.69) is 41.1 Å². The van der Waals surface area contributed by atoms with Crippen molar-refractivity contribution < 1.29 is 4.79 Å². The fourth-order valence-electron chi connectivity index (χ4n) is 3.88. The molecule has 0 spiro atoms. The monoisotopic (exact) mass is 371 g/mol. The molecule has 1 atom stereocenters. The van der Waals surface area contributed by atoms with Gasteiger partial charge in [0.1, 0.15) is 11.5 Å². The van der Waals surface area contributed by atoms with E-state index in [1.165, 1.54) is 17.5 Å². The summed E-state index contributed by atoms with van der Waals surface area (Å²) >= 11 is 0. The van der Waals surface area contributed by atoms with Crippen LogP contribution in [0.25, 0.3) is 0 Å². The lowest BCUT2D eigenvalue weighted by Gasteiger charge is -2.34. The molecule has 1 aromatic carbocycles. The van der Waals surface area contributed by atoms with Gasteiger partial charge in [0.2, 0.25) is 5.78 Å². The number of hydrogen-bond acceptors (Lipinski definition) is 4. The topological polar surface area (TPSA) is 46.1 Å². The van der Waals surface area contributed by atoms with Crippen molar-refractivity contribution in [3.8, 4) is 0 Å². The maximum atomic E-state index is 12.9. The predicted octanol–water partition coefficient (Wildman–Crippen LogP) is 4.71. The molecule has 0 amide bonds. The number of carbonyl (C=O) groups excluding carboxylic acids is 1. The maximum Gasteiger partial charge on any atom is 0.213 e. The standard InChI is InChI=1S/C24H25N3O/c1-17-10-12-19(13-11-17)20-6-5-15-27(16-20)23-9-3-8-22(26-23)24(28)21-7-4-14-25-18(21)2/h3-4,7-14,20H,5-6,15-16H2,1-2H3. The number of hydrogen-bond donors (Lipinski definition) is 0. The van der Waals surface area contributed by atoms with Gasteiger partial charge < -0.3 is 4.90 Å². The highest BCUT2D eigenvalue weighted by Gasteiger charge is 2.23. The Morgan fingerprint density at radius 3 is 2.64 bits per heavy atom. The first-order valence-corrected chi connectivity index (χ1v) is 9.87. The second kappa shape index (κ2) is 7.93. The van der Waals surface area contributed by atoms with E-state index in [1.54, 1.807) is 18.3 Å². The zero-order valence-electron chi connectivity index (χ0n) is 16.4. The van der Waals surface area contributed by atoms with Crippen LogP contribution in [0, 0.1) is 13.8 Å². The van der Waals surface area contributed by atoms with Gasteiger partial charge in [-0.3, -0.25) is 9.78 Å². The van der Waals surface area contributed by atoms with E-state index in [0.717, 1.165) is 31.0 Å². The smallest absolute Gasteiger partial charge is 0.213 e. The molecule has 2 aromatic heterocycles. The third-order valence-corrected chi connectivity index (χ3v) is 5.51. The zero-order valence-corrected chi connectivity index (χ0v) is 16.4. The summed E-state index contributed by atoms with van der Waals surface area (Å²) in [5, 5.41) is 0. The number of carbonyl (C=O) groups is 1. The fourth-order valence-corrected chi connectivity index (χ4v) is 3.88. The van der Waals surface area contributed by atoms with Crippen molar-refractivity contribution in [1.82, 2.24) is 9.97 Å². The molecule has 1 aliphatic rings. The largest absolute Gasteiger partial charge is 0.356 e. The van der Waals surface area contributed by atoms with Crippen LogP contribution in [-0.4, -0.2) is 28.8 Å². The first kappa shape index (κ1) is 18.4. The van der Waals surface area contributed by atoms with E-state index in [0.29, 0.717) is 17.2 Å². The molecule has 0 radical (unpaired) electrons. The molecule has 28 heavy (non-hydrogen) atoms. The third kappa shape index (κ3) is 3.81. The molecule has 1 fully saturated rings. The van der Waals surface area contributed by atoms with Gasteiger partial charge in [0.25, 0.3) is 0 Å². The molecule has 0 saturated carbocycles. The van der Waals surface area contributed by atoms with Crippen LogP contribution in [-0.2, 0) is 0 Å². The number of pyridine rings is 2. The Kier molecular flexibility index (Phi) is 5.20. The third-order valence-electron chi connectivity index (χ3n) is 5.51. The molecule has 0 aliphatic carbocycles. The summed E-state index contributed by atoms with van der Waals surface area (Å²) in [5.74, 6) is 1.31. The molecule has 3 aromatic rings. The summed E-state index contributed by atoms with van der Waals surface area (Å²) in [6.45, 7) is 5.87. The SMILES string of the molecule is Cc1ccc(C2CCCN(c3cccc(C(=O)c4cccnc4C)n3)C2)cc1. The Bertz CT molecular complexity index is 981. The van der Waals surface area contributed by atoms with Crippen molar-refractivity contribution in [2.24, 2.45) is 0 Å². The molecule has 4 heteroatoms. The van der Waals surface area contributed by atoms with E-state index in [4.69, 9.17) is 4.98 Å². The number of aromatic nitrogens is 2. The van der Waals surface area contributed by atoms with Gasteiger partial charge in [-0.2, -0.15) is 0 Å². The molecule has 1 aliphatic heterocycles. The van der Waals surface area contributed by atoms with Crippen LogP contribution in [0.4, 0.5) is 5.82 Å². The Morgan fingerprint density at radius 2 is 1.86 bits per heavy atom. The molecule has 0 N–H and O–H groups in total. The van der Waals surface area contributed by atoms with Gasteiger partial charge in [0.15, 0.2) is 0 Å². The number of nitrogens with zero attached hydrogens (tertiary/aromatic N) is 3. The van der Waals surface area contributed by atoms with Crippen LogP contribution in [0.1, 0.15) is 51.6 Å². The van der Waals surface area contributed by atoms with E-state index in [9.17, 15) is 4.79 Å². The van der Waals surface area contributed by atoms with Crippen molar-refractivity contribution in [3.05, 3.63) is 88.9 Å². The van der Waals surface area contributed by atoms with Gasteiger partial charge in [0, 0.05) is 36.5 Å². The highest BCUT2D eigenvalue weighted by molar-refractivity contribution is 6.08. The van der Waals surface area contributed by atoms with Gasteiger partial charge in [0.05, 0.1) is 0 Å². The van der Waals surface area contributed by atoms with Gasteiger partial charge >= 0.3 is 0 Å². The summed E-state index contributed by atoms with van der Waals surface area (Å²) < 4.78 is 0. The van der Waals surface area contributed by atoms with E-state index in [1.807, 2.05) is 25.1 Å². The minimum atomic E-state index is -0.0699. The molecule has 4 nitrogen and oxygen atoms in total. The lowest BCUT2D eigenvalue weighted by atomic mass is 9.90. The normalized spacial score (nSPS) is 16.8. The van der Waals surface area contributed by atoms with Gasteiger partial charge in [-0.05, 0) is 56.5 Å². The Morgan fingerprint density at radius 1 is 1.04 bits per heavy atom. The Hall–Kier alpha value is -3.01. The molecule has 4 rings (SSSR count). The molecule has 1 unspecified atom stereocenters. The van der Waals surface area contributed by atoms with Crippen LogP contribution in [0.2, 0.25) is 0 Å². The minimum absolute atomic E-state index is 0.0699.